The SMILES string of the molecule is CC(OC(=O)c1cc(S(=O)(=O)N(C)C)ccc1N1CCCC1)C(=O)NC(C)c1ccc(F)cc1. The lowest BCUT2D eigenvalue weighted by atomic mass is 10.1. The summed E-state index contributed by atoms with van der Waals surface area (Å²) in [5.41, 5.74) is 1.37. The predicted octanol–water partition coefficient (Wildman–Crippen LogP) is 3.10. The molecule has 0 bridgehead atoms. The smallest absolute Gasteiger partial charge is 0.341 e. The molecule has 1 amide bonds. The number of ether oxygens (including phenoxy) is 1. The third-order valence-corrected chi connectivity index (χ3v) is 7.61. The molecule has 1 aliphatic heterocycles. The first-order valence-electron chi connectivity index (χ1n) is 11.1. The van der Waals surface area contributed by atoms with Crippen molar-refractivity contribution in [2.75, 3.05) is 32.1 Å². The van der Waals surface area contributed by atoms with Crippen LogP contribution >= 0.6 is 0 Å². The Bertz CT molecular complexity index is 1150. The van der Waals surface area contributed by atoms with Crippen molar-refractivity contribution in [3.05, 3.63) is 59.4 Å². The van der Waals surface area contributed by atoms with E-state index in [2.05, 4.69) is 5.32 Å². The number of halogens is 1. The first-order valence-corrected chi connectivity index (χ1v) is 12.5. The molecule has 8 nitrogen and oxygen atoms in total. The Morgan fingerprint density at radius 1 is 1.06 bits per heavy atom. The van der Waals surface area contributed by atoms with Crippen LogP contribution in [0.25, 0.3) is 0 Å². The summed E-state index contributed by atoms with van der Waals surface area (Å²) in [6.07, 6.45) is 0.800. The van der Waals surface area contributed by atoms with Gasteiger partial charge in [-0.3, -0.25) is 4.79 Å². The fourth-order valence-corrected chi connectivity index (χ4v) is 4.66. The van der Waals surface area contributed by atoms with Crippen LogP contribution in [0.15, 0.2) is 47.4 Å². The monoisotopic (exact) mass is 491 g/mol. The largest absolute Gasteiger partial charge is 0.449 e. The van der Waals surface area contributed by atoms with Gasteiger partial charge in [0.1, 0.15) is 5.82 Å². The molecule has 1 N–H and O–H groups in total. The summed E-state index contributed by atoms with van der Waals surface area (Å²) in [5.74, 6) is -1.68. The number of sulfonamides is 1. The van der Waals surface area contributed by atoms with E-state index >= 15 is 0 Å². The lowest BCUT2D eigenvalue weighted by Gasteiger charge is -2.23. The zero-order valence-corrected chi connectivity index (χ0v) is 20.6. The third-order valence-electron chi connectivity index (χ3n) is 5.80. The average Bonchev–Trinajstić information content (AvgIpc) is 3.33. The Labute approximate surface area is 199 Å². The van der Waals surface area contributed by atoms with Gasteiger partial charge in [-0.1, -0.05) is 12.1 Å². The molecule has 0 radical (unpaired) electrons. The summed E-state index contributed by atoms with van der Waals surface area (Å²) >= 11 is 0. The quantitative estimate of drug-likeness (QED) is 0.570. The lowest BCUT2D eigenvalue weighted by Crippen LogP contribution is -2.37. The Hall–Kier alpha value is -2.98. The van der Waals surface area contributed by atoms with Gasteiger partial charge >= 0.3 is 5.97 Å². The number of benzene rings is 2. The summed E-state index contributed by atoms with van der Waals surface area (Å²) in [6, 6.07) is 9.69. The normalized spacial score (nSPS) is 15.8. The Morgan fingerprint density at radius 2 is 1.68 bits per heavy atom. The highest BCUT2D eigenvalue weighted by molar-refractivity contribution is 7.89. The lowest BCUT2D eigenvalue weighted by molar-refractivity contribution is -0.129. The van der Waals surface area contributed by atoms with E-state index in [1.807, 2.05) is 4.90 Å². The topological polar surface area (TPSA) is 96.0 Å². The Kier molecular flexibility index (Phi) is 7.93. The van der Waals surface area contributed by atoms with Gasteiger partial charge in [0, 0.05) is 27.2 Å². The van der Waals surface area contributed by atoms with Crippen LogP contribution in [0.1, 0.15) is 48.7 Å². The van der Waals surface area contributed by atoms with Crippen molar-refractivity contribution >= 4 is 27.6 Å². The van der Waals surface area contributed by atoms with Crippen LogP contribution < -0.4 is 10.2 Å². The molecule has 2 aromatic rings. The molecule has 184 valence electrons. The second-order valence-corrected chi connectivity index (χ2v) is 10.6. The van der Waals surface area contributed by atoms with Crippen molar-refractivity contribution in [1.82, 2.24) is 9.62 Å². The maximum atomic E-state index is 13.1. The minimum atomic E-state index is -3.77. The van der Waals surface area contributed by atoms with E-state index in [0.29, 0.717) is 11.3 Å². The molecule has 1 aliphatic rings. The number of rotatable bonds is 8. The molecule has 2 unspecified atom stereocenters. The number of hydrogen-bond donors (Lipinski definition) is 1. The second-order valence-electron chi connectivity index (χ2n) is 8.49. The van der Waals surface area contributed by atoms with E-state index in [9.17, 15) is 22.4 Å². The van der Waals surface area contributed by atoms with E-state index < -0.39 is 34.0 Å². The van der Waals surface area contributed by atoms with Crippen LogP contribution in [0.5, 0.6) is 0 Å². The van der Waals surface area contributed by atoms with Gasteiger partial charge in [0.2, 0.25) is 10.0 Å². The Balaban J connectivity index is 1.80. The van der Waals surface area contributed by atoms with Crippen molar-refractivity contribution in [2.45, 2.75) is 43.7 Å². The second kappa shape index (κ2) is 10.5. The van der Waals surface area contributed by atoms with Crippen molar-refractivity contribution in [1.29, 1.82) is 0 Å². The predicted molar refractivity (Wildman–Crippen MR) is 127 cm³/mol. The van der Waals surface area contributed by atoms with Crippen LogP contribution in [0.4, 0.5) is 10.1 Å². The molecule has 34 heavy (non-hydrogen) atoms. The van der Waals surface area contributed by atoms with Gasteiger partial charge in [-0.05, 0) is 62.6 Å². The molecule has 0 spiro atoms. The zero-order valence-electron chi connectivity index (χ0n) is 19.7. The molecular weight excluding hydrogens is 461 g/mol. The molecule has 0 saturated carbocycles. The summed E-state index contributed by atoms with van der Waals surface area (Å²) in [4.78, 5) is 27.7. The number of anilines is 1. The van der Waals surface area contributed by atoms with Crippen molar-refractivity contribution in [3.63, 3.8) is 0 Å². The fourth-order valence-electron chi connectivity index (χ4n) is 3.73. The van der Waals surface area contributed by atoms with Crippen LogP contribution in [0, 0.1) is 5.82 Å². The first kappa shape index (κ1) is 25.6. The summed E-state index contributed by atoms with van der Waals surface area (Å²) < 4.78 is 44.9. The molecule has 2 aromatic carbocycles. The maximum absolute atomic E-state index is 13.1. The molecule has 2 atom stereocenters. The van der Waals surface area contributed by atoms with Crippen molar-refractivity contribution in [3.8, 4) is 0 Å². The fraction of sp³-hybridized carbons (Fsp3) is 0.417. The highest BCUT2D eigenvalue weighted by Gasteiger charge is 2.28. The number of hydrogen-bond acceptors (Lipinski definition) is 6. The van der Waals surface area contributed by atoms with E-state index in [-0.39, 0.29) is 16.3 Å². The third kappa shape index (κ3) is 5.74. The maximum Gasteiger partial charge on any atom is 0.341 e. The van der Waals surface area contributed by atoms with Crippen LogP contribution in [-0.2, 0) is 19.6 Å². The van der Waals surface area contributed by atoms with Gasteiger partial charge in [0.25, 0.3) is 5.91 Å². The van der Waals surface area contributed by atoms with Gasteiger partial charge in [-0.15, -0.1) is 0 Å². The Morgan fingerprint density at radius 3 is 2.26 bits per heavy atom. The number of carbonyl (C=O) groups is 2. The van der Waals surface area contributed by atoms with Gasteiger partial charge in [0.15, 0.2) is 6.10 Å². The van der Waals surface area contributed by atoms with E-state index in [4.69, 9.17) is 4.74 Å². The van der Waals surface area contributed by atoms with Gasteiger partial charge in [-0.2, -0.15) is 0 Å². The summed E-state index contributed by atoms with van der Waals surface area (Å²) in [6.45, 7) is 4.66. The molecular formula is C24H30FN3O5S. The molecule has 0 aliphatic carbocycles. The number of nitrogens with one attached hydrogen (secondary N) is 1. The number of amides is 1. The number of nitrogens with zero attached hydrogens (tertiary/aromatic N) is 2. The molecule has 10 heteroatoms. The average molecular weight is 492 g/mol. The van der Waals surface area contributed by atoms with Gasteiger partial charge in [0.05, 0.1) is 22.2 Å². The highest BCUT2D eigenvalue weighted by atomic mass is 32.2. The van der Waals surface area contributed by atoms with Gasteiger partial charge < -0.3 is 15.0 Å². The molecule has 3 rings (SSSR count). The summed E-state index contributed by atoms with van der Waals surface area (Å²) in [5, 5.41) is 2.74. The summed E-state index contributed by atoms with van der Waals surface area (Å²) in [7, 11) is -0.940. The molecule has 0 aromatic heterocycles. The van der Waals surface area contributed by atoms with E-state index in [1.165, 1.54) is 45.3 Å². The number of carbonyl (C=O) groups excluding carboxylic acids is 2. The van der Waals surface area contributed by atoms with Crippen LogP contribution in [-0.4, -0.2) is 57.9 Å². The van der Waals surface area contributed by atoms with Crippen molar-refractivity contribution < 1.29 is 27.1 Å². The van der Waals surface area contributed by atoms with E-state index in [0.717, 1.165) is 30.2 Å². The molecule has 1 saturated heterocycles. The standard InChI is InChI=1S/C24H30FN3O5S/c1-16(18-7-9-19(25)10-8-18)26-23(29)17(2)33-24(30)21-15-20(34(31,32)27(3)4)11-12-22(21)28-13-5-6-14-28/h7-12,15-17H,5-6,13-14H2,1-4H3,(H,26,29). The highest BCUT2D eigenvalue weighted by Crippen LogP contribution is 2.29. The van der Waals surface area contributed by atoms with Crippen molar-refractivity contribution in [2.24, 2.45) is 0 Å². The van der Waals surface area contributed by atoms with Crippen LogP contribution in [0.2, 0.25) is 0 Å². The molecule has 1 heterocycles. The zero-order chi connectivity index (χ0) is 25.0. The minimum Gasteiger partial charge on any atom is -0.449 e. The van der Waals surface area contributed by atoms with Crippen LogP contribution in [0.3, 0.4) is 0 Å². The number of esters is 1. The first-order chi connectivity index (χ1) is 16.0. The molecule has 1 fully saturated rings. The van der Waals surface area contributed by atoms with E-state index in [1.54, 1.807) is 25.1 Å². The van der Waals surface area contributed by atoms with Gasteiger partial charge in [-0.25, -0.2) is 21.9 Å². The minimum absolute atomic E-state index is 0.0329.